The topological polar surface area (TPSA) is 75.4 Å². The number of hydrogen-bond acceptors (Lipinski definition) is 4. The zero-order valence-corrected chi connectivity index (χ0v) is 13.0. The van der Waals surface area contributed by atoms with Crippen LogP contribution in [0.5, 0.6) is 0 Å². The van der Waals surface area contributed by atoms with Crippen LogP contribution in [0.4, 0.5) is 0 Å². The summed E-state index contributed by atoms with van der Waals surface area (Å²) < 4.78 is 1.76. The molecular formula is C14H17N3O3S. The molecule has 2 aromatic heterocycles. The van der Waals surface area contributed by atoms with E-state index in [1.807, 2.05) is 27.0 Å². The smallest absolute Gasteiger partial charge is 0.326 e. The quantitative estimate of drug-likeness (QED) is 0.919. The van der Waals surface area contributed by atoms with Crippen molar-refractivity contribution in [3.8, 4) is 0 Å². The summed E-state index contributed by atoms with van der Waals surface area (Å²) in [4.78, 5) is 27.0. The molecular weight excluding hydrogens is 290 g/mol. The van der Waals surface area contributed by atoms with E-state index in [1.54, 1.807) is 4.68 Å². The Morgan fingerprint density at radius 2 is 2.19 bits per heavy atom. The highest BCUT2D eigenvalue weighted by atomic mass is 32.1. The Balaban J connectivity index is 1.96. The lowest BCUT2D eigenvalue weighted by molar-refractivity contribution is -0.142. The largest absolute Gasteiger partial charge is 0.480 e. The summed E-state index contributed by atoms with van der Waals surface area (Å²) in [5.74, 6) is -1.12. The standard InChI is InChI=1S/C14H17N3O3S/c1-7-4-5-17(11(7)14(19)20)12(18)10-6-9-8(2)15-16(3)13(9)21-10/h6-7,11H,4-5H2,1-3H3,(H,19,20). The molecule has 0 saturated carbocycles. The van der Waals surface area contributed by atoms with E-state index in [4.69, 9.17) is 0 Å². The third kappa shape index (κ3) is 2.12. The van der Waals surface area contributed by atoms with Gasteiger partial charge in [-0.15, -0.1) is 11.3 Å². The van der Waals surface area contributed by atoms with Crippen molar-refractivity contribution in [3.63, 3.8) is 0 Å². The zero-order chi connectivity index (χ0) is 15.3. The lowest BCUT2D eigenvalue weighted by Gasteiger charge is -2.22. The lowest BCUT2D eigenvalue weighted by atomic mass is 10.0. The number of carbonyl (C=O) groups excluding carboxylic acids is 1. The first-order valence-corrected chi connectivity index (χ1v) is 7.68. The summed E-state index contributed by atoms with van der Waals surface area (Å²) in [6, 6.07) is 1.11. The summed E-state index contributed by atoms with van der Waals surface area (Å²) in [7, 11) is 1.85. The van der Waals surface area contributed by atoms with E-state index in [0.29, 0.717) is 11.4 Å². The van der Waals surface area contributed by atoms with Gasteiger partial charge in [0.2, 0.25) is 0 Å². The van der Waals surface area contributed by atoms with Gasteiger partial charge < -0.3 is 10.0 Å². The molecule has 0 aliphatic carbocycles. The van der Waals surface area contributed by atoms with Crippen LogP contribution in [0.25, 0.3) is 10.2 Å². The number of aryl methyl sites for hydroxylation is 2. The highest BCUT2D eigenvalue weighted by molar-refractivity contribution is 7.20. The van der Waals surface area contributed by atoms with E-state index >= 15 is 0 Å². The molecule has 0 spiro atoms. The van der Waals surface area contributed by atoms with Crippen LogP contribution >= 0.6 is 11.3 Å². The number of carboxylic acids is 1. The van der Waals surface area contributed by atoms with Gasteiger partial charge in [0.15, 0.2) is 0 Å². The molecule has 0 radical (unpaired) electrons. The van der Waals surface area contributed by atoms with E-state index < -0.39 is 12.0 Å². The minimum atomic E-state index is -0.924. The van der Waals surface area contributed by atoms with Crippen LogP contribution in [0.15, 0.2) is 6.07 Å². The third-order valence-corrected chi connectivity index (χ3v) is 5.31. The number of carboxylic acid groups (broad SMARTS) is 1. The average molecular weight is 307 g/mol. The Labute approximate surface area is 126 Å². The molecule has 3 rings (SSSR count). The molecule has 0 aromatic carbocycles. The van der Waals surface area contributed by atoms with Crippen molar-refractivity contribution in [1.29, 1.82) is 0 Å². The van der Waals surface area contributed by atoms with Gasteiger partial charge in [-0.05, 0) is 25.3 Å². The number of nitrogens with zero attached hydrogens (tertiary/aromatic N) is 3. The summed E-state index contributed by atoms with van der Waals surface area (Å²) in [5, 5.41) is 14.6. The first-order chi connectivity index (χ1) is 9.90. The van der Waals surface area contributed by atoms with E-state index in [2.05, 4.69) is 5.10 Å². The maximum absolute atomic E-state index is 12.6. The van der Waals surface area contributed by atoms with Crippen molar-refractivity contribution in [1.82, 2.24) is 14.7 Å². The number of amides is 1. The Hall–Kier alpha value is -1.89. The van der Waals surface area contributed by atoms with Crippen molar-refractivity contribution in [3.05, 3.63) is 16.6 Å². The SMILES string of the molecule is Cc1nn(C)c2sc(C(=O)N3CCC(C)C3C(=O)O)cc12. The van der Waals surface area contributed by atoms with E-state index in [9.17, 15) is 14.7 Å². The minimum absolute atomic E-state index is 0.00997. The monoisotopic (exact) mass is 307 g/mol. The Morgan fingerprint density at radius 3 is 2.81 bits per heavy atom. The molecule has 2 atom stereocenters. The molecule has 1 aliphatic heterocycles. The summed E-state index contributed by atoms with van der Waals surface area (Å²) in [6.07, 6.45) is 0.730. The Bertz CT molecular complexity index is 699. The van der Waals surface area contributed by atoms with Gasteiger partial charge in [-0.25, -0.2) is 4.79 Å². The fraction of sp³-hybridized carbons (Fsp3) is 0.500. The Kier molecular flexibility index (Phi) is 3.24. The van der Waals surface area contributed by atoms with Crippen molar-refractivity contribution in [2.24, 2.45) is 13.0 Å². The number of hydrogen-bond donors (Lipinski definition) is 1. The number of thiophene rings is 1. The maximum atomic E-state index is 12.6. The summed E-state index contributed by atoms with van der Waals surface area (Å²) in [5.41, 5.74) is 0.882. The fourth-order valence-electron chi connectivity index (χ4n) is 3.00. The molecule has 1 saturated heterocycles. The van der Waals surface area contributed by atoms with Gasteiger partial charge in [0.05, 0.1) is 10.6 Å². The molecule has 2 aromatic rings. The second-order valence-corrected chi connectivity index (χ2v) is 6.62. The van der Waals surface area contributed by atoms with Crippen molar-refractivity contribution < 1.29 is 14.7 Å². The van der Waals surface area contributed by atoms with Crippen LogP contribution in [-0.4, -0.2) is 44.3 Å². The van der Waals surface area contributed by atoms with Gasteiger partial charge in [-0.1, -0.05) is 6.92 Å². The van der Waals surface area contributed by atoms with Crippen molar-refractivity contribution >= 4 is 33.4 Å². The van der Waals surface area contributed by atoms with Crippen molar-refractivity contribution in [2.75, 3.05) is 6.54 Å². The number of carbonyl (C=O) groups is 2. The Morgan fingerprint density at radius 1 is 1.48 bits per heavy atom. The van der Waals surface area contributed by atoms with E-state index in [1.165, 1.54) is 16.2 Å². The molecule has 21 heavy (non-hydrogen) atoms. The van der Waals surface area contributed by atoms with Crippen LogP contribution in [0, 0.1) is 12.8 Å². The number of rotatable bonds is 2. The molecule has 3 heterocycles. The number of aromatic nitrogens is 2. The lowest BCUT2D eigenvalue weighted by Crippen LogP contribution is -2.42. The van der Waals surface area contributed by atoms with Gasteiger partial charge in [0.1, 0.15) is 10.9 Å². The third-order valence-electron chi connectivity index (χ3n) is 4.12. The minimum Gasteiger partial charge on any atom is -0.480 e. The highest BCUT2D eigenvalue weighted by Crippen LogP contribution is 2.31. The molecule has 7 heteroatoms. The fourth-order valence-corrected chi connectivity index (χ4v) is 4.08. The van der Waals surface area contributed by atoms with Crippen LogP contribution in [0.2, 0.25) is 0 Å². The van der Waals surface area contributed by atoms with Gasteiger partial charge in [-0.2, -0.15) is 5.10 Å². The predicted octanol–water partition coefficient (Wildman–Crippen LogP) is 1.88. The van der Waals surface area contributed by atoms with Crippen LogP contribution in [-0.2, 0) is 11.8 Å². The molecule has 112 valence electrons. The average Bonchev–Trinajstić information content (AvgIpc) is 3.06. The molecule has 1 aliphatic rings. The normalized spacial score (nSPS) is 22.1. The molecule has 0 bridgehead atoms. The number of likely N-dealkylation sites (tertiary alicyclic amines) is 1. The van der Waals surface area contributed by atoms with Gasteiger partial charge in [-0.3, -0.25) is 9.48 Å². The first-order valence-electron chi connectivity index (χ1n) is 6.87. The molecule has 1 amide bonds. The zero-order valence-electron chi connectivity index (χ0n) is 12.2. The predicted molar refractivity (Wildman–Crippen MR) is 79.6 cm³/mol. The molecule has 2 unspecified atom stereocenters. The van der Waals surface area contributed by atoms with Crippen LogP contribution in [0.1, 0.15) is 28.7 Å². The second kappa shape index (κ2) is 4.84. The van der Waals surface area contributed by atoms with Gasteiger partial charge in [0, 0.05) is 19.0 Å². The van der Waals surface area contributed by atoms with E-state index in [0.717, 1.165) is 22.3 Å². The molecule has 1 N–H and O–H groups in total. The van der Waals surface area contributed by atoms with E-state index in [-0.39, 0.29) is 11.8 Å². The maximum Gasteiger partial charge on any atom is 0.326 e. The van der Waals surface area contributed by atoms with Crippen LogP contribution in [0.3, 0.4) is 0 Å². The van der Waals surface area contributed by atoms with Gasteiger partial charge >= 0.3 is 5.97 Å². The highest BCUT2D eigenvalue weighted by Gasteiger charge is 2.40. The number of aliphatic carboxylic acids is 1. The summed E-state index contributed by atoms with van der Waals surface area (Å²) >= 11 is 1.37. The first kappa shape index (κ1) is 14.1. The summed E-state index contributed by atoms with van der Waals surface area (Å²) in [6.45, 7) is 4.29. The van der Waals surface area contributed by atoms with Gasteiger partial charge in [0.25, 0.3) is 5.91 Å². The second-order valence-electron chi connectivity index (χ2n) is 5.59. The van der Waals surface area contributed by atoms with Crippen LogP contribution < -0.4 is 0 Å². The molecule has 1 fully saturated rings. The number of fused-ring (bicyclic) bond motifs is 1. The van der Waals surface area contributed by atoms with Crippen molar-refractivity contribution in [2.45, 2.75) is 26.3 Å². The molecule has 6 nitrogen and oxygen atoms in total.